The number of alkyl halides is 1. The van der Waals surface area contributed by atoms with Crippen LogP contribution in [0.5, 0.6) is 0 Å². The largest absolute Gasteiger partial charge is 0.354 e. The highest BCUT2D eigenvalue weighted by Crippen LogP contribution is 2.16. The third-order valence-corrected chi connectivity index (χ3v) is 2.57. The van der Waals surface area contributed by atoms with Crippen molar-refractivity contribution >= 4 is 17.5 Å². The van der Waals surface area contributed by atoms with E-state index in [2.05, 4.69) is 5.32 Å². The second-order valence-corrected chi connectivity index (χ2v) is 3.90. The maximum atomic E-state index is 11.5. The zero-order chi connectivity index (χ0) is 11.2. The number of ether oxygens (including phenoxy) is 2. The van der Waals surface area contributed by atoms with Crippen LogP contribution in [0, 0.1) is 5.41 Å². The average Bonchev–Trinajstić information content (AvgIpc) is 2.19. The Balaban J connectivity index is 3.95. The molecule has 14 heavy (non-hydrogen) atoms. The van der Waals surface area contributed by atoms with Gasteiger partial charge in [0.1, 0.15) is 0 Å². The van der Waals surface area contributed by atoms with E-state index in [-0.39, 0.29) is 11.8 Å². The second kappa shape index (κ2) is 6.22. The number of carbonyl (C=O) groups is 1. The van der Waals surface area contributed by atoms with Crippen LogP contribution in [0.3, 0.4) is 0 Å². The maximum absolute atomic E-state index is 11.5. The highest BCUT2D eigenvalue weighted by atomic mass is 35.5. The minimum Gasteiger partial charge on any atom is -0.354 e. The summed E-state index contributed by atoms with van der Waals surface area (Å²) in [5.74, 6) is 0.176. The second-order valence-electron chi connectivity index (χ2n) is 3.63. The van der Waals surface area contributed by atoms with Gasteiger partial charge in [-0.15, -0.1) is 11.6 Å². The van der Waals surface area contributed by atoms with Gasteiger partial charge < -0.3 is 14.8 Å². The Kier molecular flexibility index (Phi) is 6.08. The van der Waals surface area contributed by atoms with Crippen molar-refractivity contribution in [2.45, 2.75) is 20.1 Å². The van der Waals surface area contributed by atoms with Crippen LogP contribution in [-0.4, -0.2) is 38.8 Å². The molecule has 0 unspecified atom stereocenters. The van der Waals surface area contributed by atoms with Gasteiger partial charge in [0.15, 0.2) is 6.29 Å². The van der Waals surface area contributed by atoms with Crippen LogP contribution in [0.2, 0.25) is 0 Å². The van der Waals surface area contributed by atoms with E-state index in [4.69, 9.17) is 21.1 Å². The molecule has 0 fully saturated rings. The molecule has 0 spiro atoms. The summed E-state index contributed by atoms with van der Waals surface area (Å²) in [6.07, 6.45) is -0.412. The molecule has 0 radical (unpaired) electrons. The third-order valence-electron chi connectivity index (χ3n) is 1.90. The summed E-state index contributed by atoms with van der Waals surface area (Å²) in [6.45, 7) is 3.89. The van der Waals surface area contributed by atoms with Gasteiger partial charge >= 0.3 is 0 Å². The van der Waals surface area contributed by atoms with E-state index >= 15 is 0 Å². The monoisotopic (exact) mass is 223 g/mol. The van der Waals surface area contributed by atoms with Crippen molar-refractivity contribution in [3.63, 3.8) is 0 Å². The van der Waals surface area contributed by atoms with Gasteiger partial charge in [-0.1, -0.05) is 0 Å². The molecule has 5 heteroatoms. The molecule has 1 amide bonds. The minimum absolute atomic E-state index is 0.105. The molecule has 0 aliphatic heterocycles. The molecule has 0 aromatic carbocycles. The number of nitrogens with one attached hydrogen (secondary N) is 1. The maximum Gasteiger partial charge on any atom is 0.227 e. The summed E-state index contributed by atoms with van der Waals surface area (Å²) in [5.41, 5.74) is -0.562. The van der Waals surface area contributed by atoms with E-state index in [0.29, 0.717) is 6.54 Å². The van der Waals surface area contributed by atoms with E-state index in [0.717, 1.165) is 0 Å². The Morgan fingerprint density at radius 2 is 1.93 bits per heavy atom. The number of carbonyl (C=O) groups excluding carboxylic acids is 1. The van der Waals surface area contributed by atoms with Crippen LogP contribution in [-0.2, 0) is 14.3 Å². The first-order valence-electron chi connectivity index (χ1n) is 4.37. The Hall–Kier alpha value is -0.320. The Labute approximate surface area is 89.9 Å². The van der Waals surface area contributed by atoms with Gasteiger partial charge in [0, 0.05) is 20.1 Å². The van der Waals surface area contributed by atoms with Crippen molar-refractivity contribution in [1.29, 1.82) is 0 Å². The van der Waals surface area contributed by atoms with Crippen molar-refractivity contribution in [2.24, 2.45) is 5.41 Å². The first kappa shape index (κ1) is 13.7. The van der Waals surface area contributed by atoms with Gasteiger partial charge in [-0.2, -0.15) is 0 Å². The number of hydrogen-bond donors (Lipinski definition) is 1. The minimum atomic E-state index is -0.562. The predicted molar refractivity (Wildman–Crippen MR) is 55.3 cm³/mol. The van der Waals surface area contributed by atoms with Crippen LogP contribution >= 0.6 is 11.6 Å². The molecule has 0 saturated carbocycles. The van der Waals surface area contributed by atoms with Gasteiger partial charge in [-0.05, 0) is 13.8 Å². The molecule has 0 aliphatic rings. The van der Waals surface area contributed by atoms with E-state index in [1.54, 1.807) is 13.8 Å². The van der Waals surface area contributed by atoms with Crippen molar-refractivity contribution < 1.29 is 14.3 Å². The van der Waals surface area contributed by atoms with E-state index < -0.39 is 11.7 Å². The number of methoxy groups -OCH3 is 2. The average molecular weight is 224 g/mol. The Morgan fingerprint density at radius 3 is 2.29 bits per heavy atom. The highest BCUT2D eigenvalue weighted by molar-refractivity contribution is 6.19. The molecular weight excluding hydrogens is 206 g/mol. The standard InChI is InChI=1S/C9H18ClNO3/c1-9(2,6-10)8(12)11-5-7(13-3)14-4/h7H,5-6H2,1-4H3,(H,11,12). The predicted octanol–water partition coefficient (Wildman–Crippen LogP) is 0.986. The zero-order valence-electron chi connectivity index (χ0n) is 9.09. The molecule has 0 saturated heterocycles. The van der Waals surface area contributed by atoms with Crippen LogP contribution < -0.4 is 5.32 Å². The van der Waals surface area contributed by atoms with Crippen molar-refractivity contribution in [3.05, 3.63) is 0 Å². The van der Waals surface area contributed by atoms with Crippen molar-refractivity contribution in [3.8, 4) is 0 Å². The van der Waals surface area contributed by atoms with Gasteiger partial charge in [0.05, 0.1) is 12.0 Å². The van der Waals surface area contributed by atoms with Crippen LogP contribution in [0.15, 0.2) is 0 Å². The van der Waals surface area contributed by atoms with Crippen molar-refractivity contribution in [1.82, 2.24) is 5.32 Å². The highest BCUT2D eigenvalue weighted by Gasteiger charge is 2.26. The Morgan fingerprint density at radius 1 is 1.43 bits per heavy atom. The fourth-order valence-electron chi connectivity index (χ4n) is 0.739. The number of halogens is 1. The fourth-order valence-corrected chi connectivity index (χ4v) is 0.860. The lowest BCUT2D eigenvalue weighted by Crippen LogP contribution is -2.42. The van der Waals surface area contributed by atoms with Crippen LogP contribution in [0.1, 0.15) is 13.8 Å². The van der Waals surface area contributed by atoms with Gasteiger partial charge in [0.2, 0.25) is 5.91 Å². The van der Waals surface area contributed by atoms with E-state index in [1.807, 2.05) is 0 Å². The molecular formula is C9H18ClNO3. The van der Waals surface area contributed by atoms with E-state index in [9.17, 15) is 4.79 Å². The summed E-state index contributed by atoms with van der Waals surface area (Å²) in [7, 11) is 3.04. The molecule has 0 rings (SSSR count). The first-order chi connectivity index (χ1) is 6.47. The quantitative estimate of drug-likeness (QED) is 0.540. The topological polar surface area (TPSA) is 47.6 Å². The molecule has 0 heterocycles. The summed E-state index contributed by atoms with van der Waals surface area (Å²) in [5, 5.41) is 2.70. The molecule has 0 aliphatic carbocycles. The lowest BCUT2D eigenvalue weighted by atomic mass is 9.95. The number of amides is 1. The lowest BCUT2D eigenvalue weighted by Gasteiger charge is -2.22. The van der Waals surface area contributed by atoms with Crippen LogP contribution in [0.4, 0.5) is 0 Å². The van der Waals surface area contributed by atoms with Crippen molar-refractivity contribution in [2.75, 3.05) is 26.6 Å². The summed E-state index contributed by atoms with van der Waals surface area (Å²) >= 11 is 5.65. The lowest BCUT2D eigenvalue weighted by molar-refractivity contribution is -0.133. The molecule has 84 valence electrons. The normalized spacial score (nSPS) is 11.9. The first-order valence-corrected chi connectivity index (χ1v) is 4.91. The molecule has 0 aromatic rings. The smallest absolute Gasteiger partial charge is 0.227 e. The molecule has 1 N–H and O–H groups in total. The fraction of sp³-hybridized carbons (Fsp3) is 0.889. The summed E-state index contributed by atoms with van der Waals surface area (Å²) < 4.78 is 9.85. The number of hydrogen-bond acceptors (Lipinski definition) is 3. The SMILES string of the molecule is COC(CNC(=O)C(C)(C)CCl)OC. The Bertz CT molecular complexity index is 181. The molecule has 0 aromatic heterocycles. The molecule has 4 nitrogen and oxygen atoms in total. The van der Waals surface area contributed by atoms with E-state index in [1.165, 1.54) is 14.2 Å². The summed E-state index contributed by atoms with van der Waals surface area (Å²) in [6, 6.07) is 0. The van der Waals surface area contributed by atoms with Crippen LogP contribution in [0.25, 0.3) is 0 Å². The third kappa shape index (κ3) is 4.26. The molecule has 0 bridgehead atoms. The van der Waals surface area contributed by atoms with Gasteiger partial charge in [0.25, 0.3) is 0 Å². The number of rotatable bonds is 6. The van der Waals surface area contributed by atoms with Gasteiger partial charge in [-0.3, -0.25) is 4.79 Å². The zero-order valence-corrected chi connectivity index (χ0v) is 9.85. The summed E-state index contributed by atoms with van der Waals surface area (Å²) in [4.78, 5) is 11.5. The molecule has 0 atom stereocenters. The van der Waals surface area contributed by atoms with Gasteiger partial charge in [-0.25, -0.2) is 0 Å².